The molecule has 0 aliphatic carbocycles. The molecule has 0 N–H and O–H groups in total. The Kier molecular flexibility index (Phi) is 5.50. The molecule has 2 aromatic carbocycles. The van der Waals surface area contributed by atoms with Crippen LogP contribution in [0.1, 0.15) is 5.56 Å². The third-order valence-electron chi connectivity index (χ3n) is 5.43. The van der Waals surface area contributed by atoms with Gasteiger partial charge in [-0.2, -0.15) is 4.31 Å². The summed E-state index contributed by atoms with van der Waals surface area (Å²) >= 11 is 5.98. The van der Waals surface area contributed by atoms with Gasteiger partial charge in [0.05, 0.1) is 11.4 Å². The second kappa shape index (κ2) is 8.45. The lowest BCUT2D eigenvalue weighted by molar-refractivity contribution is 0.384. The Morgan fingerprint density at radius 3 is 2.47 bits per heavy atom. The molecule has 1 fully saturated rings. The maximum atomic E-state index is 13.0. The molecule has 0 amide bonds. The Bertz CT molecular complexity index is 1350. The van der Waals surface area contributed by atoms with E-state index in [4.69, 9.17) is 11.6 Å². The van der Waals surface area contributed by atoms with Crippen molar-refractivity contribution in [1.82, 2.24) is 29.3 Å². The molecule has 11 heteroatoms. The number of halogens is 1. The van der Waals surface area contributed by atoms with Crippen LogP contribution in [0, 0.1) is 0 Å². The highest BCUT2D eigenvalue weighted by Gasteiger charge is 2.30. The standard InChI is InChI=1S/C21H20ClN7O2S/c22-17-7-4-8-18(13-17)32(30,31)28-11-9-27(10-12-28)20-19-21(24-15-23-20)29(26-25-19)14-16-5-2-1-3-6-16/h1-8,13,15H,9-12,14H2. The largest absolute Gasteiger partial charge is 0.352 e. The highest BCUT2D eigenvalue weighted by atomic mass is 35.5. The molecular weight excluding hydrogens is 450 g/mol. The van der Waals surface area contributed by atoms with Crippen LogP contribution in [0.2, 0.25) is 5.02 Å². The monoisotopic (exact) mass is 469 g/mol. The fourth-order valence-electron chi connectivity index (χ4n) is 3.79. The first kappa shape index (κ1) is 20.8. The molecule has 0 saturated carbocycles. The summed E-state index contributed by atoms with van der Waals surface area (Å²) < 4.78 is 29.2. The van der Waals surface area contributed by atoms with E-state index in [1.807, 2.05) is 35.2 Å². The summed E-state index contributed by atoms with van der Waals surface area (Å²) in [5, 5.41) is 8.98. The fourth-order valence-corrected chi connectivity index (χ4v) is 5.51. The molecule has 0 atom stereocenters. The summed E-state index contributed by atoms with van der Waals surface area (Å²) in [6, 6.07) is 16.3. The fraction of sp³-hybridized carbons (Fsp3) is 0.238. The van der Waals surface area contributed by atoms with Crippen LogP contribution < -0.4 is 4.90 Å². The quantitative estimate of drug-likeness (QED) is 0.442. The van der Waals surface area contributed by atoms with Gasteiger partial charge in [-0.25, -0.2) is 23.1 Å². The smallest absolute Gasteiger partial charge is 0.243 e. The molecule has 9 nitrogen and oxygen atoms in total. The third kappa shape index (κ3) is 3.92. The van der Waals surface area contributed by atoms with Crippen LogP contribution in [0.3, 0.4) is 0 Å². The van der Waals surface area contributed by atoms with Crippen LogP contribution >= 0.6 is 11.6 Å². The summed E-state index contributed by atoms with van der Waals surface area (Å²) in [6.07, 6.45) is 1.50. The van der Waals surface area contributed by atoms with Crippen molar-refractivity contribution in [2.75, 3.05) is 31.1 Å². The van der Waals surface area contributed by atoms with Crippen LogP contribution in [0.4, 0.5) is 5.82 Å². The van der Waals surface area contributed by atoms with Crippen molar-refractivity contribution in [3.8, 4) is 0 Å². The zero-order valence-electron chi connectivity index (χ0n) is 17.0. The zero-order chi connectivity index (χ0) is 22.1. The zero-order valence-corrected chi connectivity index (χ0v) is 18.6. The number of hydrogen-bond donors (Lipinski definition) is 0. The first-order valence-electron chi connectivity index (χ1n) is 10.1. The summed E-state index contributed by atoms with van der Waals surface area (Å²) in [6.45, 7) is 2.19. The average molecular weight is 470 g/mol. The van der Waals surface area contributed by atoms with E-state index in [9.17, 15) is 8.42 Å². The van der Waals surface area contributed by atoms with Gasteiger partial charge in [0.2, 0.25) is 10.0 Å². The summed E-state index contributed by atoms with van der Waals surface area (Å²) in [4.78, 5) is 11.0. The maximum absolute atomic E-state index is 13.0. The molecule has 5 rings (SSSR count). The Labute approximate surface area is 190 Å². The summed E-state index contributed by atoms with van der Waals surface area (Å²) in [7, 11) is -3.61. The lowest BCUT2D eigenvalue weighted by Gasteiger charge is -2.34. The normalized spacial score (nSPS) is 15.3. The van der Waals surface area contributed by atoms with E-state index in [0.717, 1.165) is 5.56 Å². The van der Waals surface area contributed by atoms with Crippen molar-refractivity contribution < 1.29 is 8.42 Å². The van der Waals surface area contributed by atoms with E-state index in [2.05, 4.69) is 20.3 Å². The second-order valence-corrected chi connectivity index (χ2v) is 9.83. The van der Waals surface area contributed by atoms with Gasteiger partial charge in [-0.3, -0.25) is 0 Å². The van der Waals surface area contributed by atoms with Crippen molar-refractivity contribution in [3.05, 3.63) is 71.5 Å². The molecule has 1 aliphatic heterocycles. The summed E-state index contributed by atoms with van der Waals surface area (Å²) in [5.41, 5.74) is 2.35. The van der Waals surface area contributed by atoms with Gasteiger partial charge < -0.3 is 4.90 Å². The molecule has 0 bridgehead atoms. The highest BCUT2D eigenvalue weighted by molar-refractivity contribution is 7.89. The van der Waals surface area contributed by atoms with Gasteiger partial charge in [0.1, 0.15) is 6.33 Å². The number of piperazine rings is 1. The van der Waals surface area contributed by atoms with Gasteiger partial charge in [-0.05, 0) is 23.8 Å². The first-order valence-corrected chi connectivity index (χ1v) is 11.9. The van der Waals surface area contributed by atoms with Crippen molar-refractivity contribution in [3.63, 3.8) is 0 Å². The van der Waals surface area contributed by atoms with Gasteiger partial charge in [0, 0.05) is 31.2 Å². The minimum absolute atomic E-state index is 0.201. The molecule has 4 aromatic rings. The molecule has 0 radical (unpaired) electrons. The molecule has 3 heterocycles. The Hall–Kier alpha value is -3.08. The number of fused-ring (bicyclic) bond motifs is 1. The molecule has 1 aliphatic rings. The van der Waals surface area contributed by atoms with E-state index in [0.29, 0.717) is 54.7 Å². The van der Waals surface area contributed by atoms with Crippen molar-refractivity contribution in [1.29, 1.82) is 0 Å². The third-order valence-corrected chi connectivity index (χ3v) is 7.56. The molecule has 32 heavy (non-hydrogen) atoms. The van der Waals surface area contributed by atoms with Gasteiger partial charge >= 0.3 is 0 Å². The number of rotatable bonds is 5. The molecule has 164 valence electrons. The predicted octanol–water partition coefficient (Wildman–Crippen LogP) is 2.43. The highest BCUT2D eigenvalue weighted by Crippen LogP contribution is 2.25. The molecule has 0 unspecified atom stereocenters. The van der Waals surface area contributed by atoms with Crippen LogP contribution in [0.5, 0.6) is 0 Å². The van der Waals surface area contributed by atoms with Crippen LogP contribution in [0.15, 0.2) is 65.8 Å². The number of hydrogen-bond acceptors (Lipinski definition) is 7. The Morgan fingerprint density at radius 1 is 0.938 bits per heavy atom. The van der Waals surface area contributed by atoms with Crippen LogP contribution in [0.25, 0.3) is 11.2 Å². The maximum Gasteiger partial charge on any atom is 0.243 e. The van der Waals surface area contributed by atoms with E-state index >= 15 is 0 Å². The van der Waals surface area contributed by atoms with Crippen molar-refractivity contribution in [2.24, 2.45) is 0 Å². The number of nitrogens with zero attached hydrogens (tertiary/aromatic N) is 7. The lowest BCUT2D eigenvalue weighted by atomic mass is 10.2. The number of sulfonamides is 1. The number of benzene rings is 2. The molecule has 2 aromatic heterocycles. The van der Waals surface area contributed by atoms with E-state index in [1.54, 1.807) is 22.9 Å². The summed E-state index contributed by atoms with van der Waals surface area (Å²) in [5.74, 6) is 0.661. The average Bonchev–Trinajstić information content (AvgIpc) is 3.23. The van der Waals surface area contributed by atoms with Crippen LogP contribution in [-0.2, 0) is 16.6 Å². The topological polar surface area (TPSA) is 97.1 Å². The van der Waals surface area contributed by atoms with Gasteiger partial charge in [0.15, 0.2) is 17.0 Å². The van der Waals surface area contributed by atoms with Gasteiger partial charge in [-0.1, -0.05) is 53.2 Å². The number of anilines is 1. The van der Waals surface area contributed by atoms with E-state index in [-0.39, 0.29) is 4.90 Å². The molecule has 0 spiro atoms. The van der Waals surface area contributed by atoms with Gasteiger partial charge in [-0.15, -0.1) is 5.10 Å². The number of aromatic nitrogens is 5. The predicted molar refractivity (Wildman–Crippen MR) is 121 cm³/mol. The van der Waals surface area contributed by atoms with Crippen molar-refractivity contribution in [2.45, 2.75) is 11.4 Å². The SMILES string of the molecule is O=S(=O)(c1cccc(Cl)c1)N1CCN(c2ncnc3c2nnn3Cc2ccccc2)CC1. The Balaban J connectivity index is 1.35. The minimum Gasteiger partial charge on any atom is -0.352 e. The molecular formula is C21H20ClN7O2S. The Morgan fingerprint density at radius 2 is 1.72 bits per heavy atom. The molecule has 1 saturated heterocycles. The van der Waals surface area contributed by atoms with E-state index < -0.39 is 10.0 Å². The second-order valence-electron chi connectivity index (χ2n) is 7.45. The van der Waals surface area contributed by atoms with Crippen LogP contribution in [-0.4, -0.2) is 63.9 Å². The first-order chi connectivity index (χ1) is 15.5. The van der Waals surface area contributed by atoms with Crippen molar-refractivity contribution >= 4 is 38.6 Å². The van der Waals surface area contributed by atoms with E-state index in [1.165, 1.54) is 16.7 Å². The van der Waals surface area contributed by atoms with Gasteiger partial charge in [0.25, 0.3) is 0 Å². The lowest BCUT2D eigenvalue weighted by Crippen LogP contribution is -2.49. The minimum atomic E-state index is -3.61.